The molecule has 1 aliphatic rings. The van der Waals surface area contributed by atoms with E-state index < -0.39 is 12.0 Å². The lowest BCUT2D eigenvalue weighted by atomic mass is 9.92. The second kappa shape index (κ2) is 10.5. The van der Waals surface area contributed by atoms with Crippen molar-refractivity contribution in [3.05, 3.63) is 107 Å². The molecule has 8 nitrogen and oxygen atoms in total. The number of esters is 1. The first-order valence-corrected chi connectivity index (χ1v) is 11.8. The summed E-state index contributed by atoms with van der Waals surface area (Å²) in [5.74, 6) is 0.709. The van der Waals surface area contributed by atoms with E-state index in [0.29, 0.717) is 28.7 Å². The summed E-state index contributed by atoms with van der Waals surface area (Å²) >= 11 is 0. The summed E-state index contributed by atoms with van der Waals surface area (Å²) in [5.41, 5.74) is 3.36. The van der Waals surface area contributed by atoms with Crippen LogP contribution < -0.4 is 14.8 Å². The summed E-state index contributed by atoms with van der Waals surface area (Å²) in [7, 11) is 1.55. The molecular weight excluding hydrogens is 475 g/mol. The number of ether oxygens (including phenoxy) is 3. The van der Waals surface area contributed by atoms with Gasteiger partial charge in [0.25, 0.3) is 0 Å². The lowest BCUT2D eigenvalue weighted by Gasteiger charge is -2.30. The average molecular weight is 501 g/mol. The number of halogens is 1. The third-order valence-corrected chi connectivity index (χ3v) is 5.97. The first kappa shape index (κ1) is 24.1. The Kier molecular flexibility index (Phi) is 6.85. The molecule has 2 heterocycles. The highest BCUT2D eigenvalue weighted by atomic mass is 19.1. The zero-order chi connectivity index (χ0) is 25.8. The van der Waals surface area contributed by atoms with Crippen molar-refractivity contribution in [3.8, 4) is 11.5 Å². The van der Waals surface area contributed by atoms with Crippen molar-refractivity contribution in [3.63, 3.8) is 0 Å². The van der Waals surface area contributed by atoms with Gasteiger partial charge in [-0.3, -0.25) is 0 Å². The van der Waals surface area contributed by atoms with Crippen LogP contribution in [0.1, 0.15) is 29.7 Å². The second-order valence-corrected chi connectivity index (χ2v) is 8.26. The lowest BCUT2D eigenvalue weighted by molar-refractivity contribution is -0.138. The number of methoxy groups -OCH3 is 1. The molecule has 0 aliphatic carbocycles. The SMILES string of the molecule is CCOC(=O)C1=C(c2ccccc2)Nc2ncnn2[C@H]1c1ccc(OCc2ccc(F)cc2)c(OC)c1. The van der Waals surface area contributed by atoms with E-state index in [0.717, 1.165) is 16.7 Å². The predicted octanol–water partition coefficient (Wildman–Crippen LogP) is 4.99. The molecule has 0 fully saturated rings. The number of fused-ring (bicyclic) bond motifs is 1. The van der Waals surface area contributed by atoms with Gasteiger partial charge in [0.2, 0.25) is 5.95 Å². The van der Waals surface area contributed by atoms with E-state index >= 15 is 0 Å². The molecule has 1 atom stereocenters. The number of nitrogens with one attached hydrogen (secondary N) is 1. The molecule has 0 unspecified atom stereocenters. The maximum atomic E-state index is 13.3. The summed E-state index contributed by atoms with van der Waals surface area (Å²) in [5, 5.41) is 7.65. The molecule has 0 bridgehead atoms. The number of nitrogens with zero attached hydrogens (tertiary/aromatic N) is 3. The smallest absolute Gasteiger partial charge is 0.338 e. The topological polar surface area (TPSA) is 87.5 Å². The van der Waals surface area contributed by atoms with Gasteiger partial charge in [0.1, 0.15) is 24.8 Å². The number of carbonyl (C=O) groups excluding carboxylic acids is 1. The van der Waals surface area contributed by atoms with Crippen LogP contribution in [0.25, 0.3) is 5.70 Å². The minimum absolute atomic E-state index is 0.223. The van der Waals surface area contributed by atoms with Crippen LogP contribution in [0.2, 0.25) is 0 Å². The molecule has 0 radical (unpaired) electrons. The highest BCUT2D eigenvalue weighted by Gasteiger charge is 2.36. The summed E-state index contributed by atoms with van der Waals surface area (Å²) in [6, 6.07) is 20.5. The van der Waals surface area contributed by atoms with Crippen LogP contribution in [0.5, 0.6) is 11.5 Å². The van der Waals surface area contributed by atoms with Gasteiger partial charge in [-0.15, -0.1) is 0 Å². The number of aromatic nitrogens is 3. The molecule has 188 valence electrons. The fraction of sp³-hybridized carbons (Fsp3) is 0.179. The zero-order valence-corrected chi connectivity index (χ0v) is 20.3. The fourth-order valence-electron chi connectivity index (χ4n) is 4.24. The van der Waals surface area contributed by atoms with Gasteiger partial charge < -0.3 is 19.5 Å². The Balaban J connectivity index is 1.56. The Bertz CT molecular complexity index is 1430. The number of carbonyl (C=O) groups is 1. The van der Waals surface area contributed by atoms with Crippen molar-refractivity contribution in [2.45, 2.75) is 19.6 Å². The maximum Gasteiger partial charge on any atom is 0.338 e. The van der Waals surface area contributed by atoms with Crippen LogP contribution in [-0.2, 0) is 16.1 Å². The fourth-order valence-corrected chi connectivity index (χ4v) is 4.24. The quantitative estimate of drug-likeness (QED) is 0.341. The minimum Gasteiger partial charge on any atom is -0.493 e. The monoisotopic (exact) mass is 500 g/mol. The lowest BCUT2D eigenvalue weighted by Crippen LogP contribution is -2.30. The van der Waals surface area contributed by atoms with Gasteiger partial charge in [-0.2, -0.15) is 10.1 Å². The largest absolute Gasteiger partial charge is 0.493 e. The van der Waals surface area contributed by atoms with E-state index in [1.807, 2.05) is 42.5 Å². The van der Waals surface area contributed by atoms with Gasteiger partial charge in [0.05, 0.1) is 25.0 Å². The van der Waals surface area contributed by atoms with Crippen LogP contribution >= 0.6 is 0 Å². The Hall–Kier alpha value is -4.66. The van der Waals surface area contributed by atoms with Crippen molar-refractivity contribution in [1.29, 1.82) is 0 Å². The molecule has 1 aliphatic heterocycles. The third kappa shape index (κ3) is 4.88. The number of hydrogen-bond acceptors (Lipinski definition) is 7. The second-order valence-electron chi connectivity index (χ2n) is 8.26. The molecule has 0 saturated carbocycles. The zero-order valence-electron chi connectivity index (χ0n) is 20.3. The molecule has 9 heteroatoms. The maximum absolute atomic E-state index is 13.3. The minimum atomic E-state index is -0.631. The molecule has 0 saturated heterocycles. The Morgan fingerprint density at radius 2 is 1.84 bits per heavy atom. The van der Waals surface area contributed by atoms with Crippen molar-refractivity contribution in [1.82, 2.24) is 14.8 Å². The molecule has 1 N–H and O–H groups in total. The molecule has 0 spiro atoms. The first-order valence-electron chi connectivity index (χ1n) is 11.8. The Morgan fingerprint density at radius 3 is 2.57 bits per heavy atom. The van der Waals surface area contributed by atoms with Gasteiger partial charge >= 0.3 is 5.97 Å². The van der Waals surface area contributed by atoms with Crippen molar-refractivity contribution in [2.24, 2.45) is 0 Å². The molecular formula is C28H25FN4O4. The molecule has 4 aromatic rings. The first-order chi connectivity index (χ1) is 18.1. The molecule has 3 aromatic carbocycles. The van der Waals surface area contributed by atoms with E-state index in [-0.39, 0.29) is 19.0 Å². The van der Waals surface area contributed by atoms with Crippen molar-refractivity contribution in [2.75, 3.05) is 19.0 Å². The van der Waals surface area contributed by atoms with E-state index in [1.165, 1.54) is 18.5 Å². The number of benzene rings is 3. The van der Waals surface area contributed by atoms with E-state index in [2.05, 4.69) is 15.4 Å². The number of anilines is 1. The average Bonchev–Trinajstić information content (AvgIpc) is 3.41. The molecule has 37 heavy (non-hydrogen) atoms. The van der Waals surface area contributed by atoms with Crippen LogP contribution in [0.15, 0.2) is 84.7 Å². The third-order valence-electron chi connectivity index (χ3n) is 5.97. The van der Waals surface area contributed by atoms with Crippen LogP contribution in [-0.4, -0.2) is 34.5 Å². The predicted molar refractivity (Wildman–Crippen MR) is 136 cm³/mol. The summed E-state index contributed by atoms with van der Waals surface area (Å²) in [6.45, 7) is 2.23. The highest BCUT2D eigenvalue weighted by Crippen LogP contribution is 2.41. The van der Waals surface area contributed by atoms with E-state index in [1.54, 1.807) is 36.9 Å². The van der Waals surface area contributed by atoms with Crippen LogP contribution in [0.4, 0.5) is 10.3 Å². The Morgan fingerprint density at radius 1 is 1.05 bits per heavy atom. The van der Waals surface area contributed by atoms with E-state index in [9.17, 15) is 9.18 Å². The summed E-state index contributed by atoms with van der Waals surface area (Å²) < 4.78 is 31.9. The number of hydrogen-bond donors (Lipinski definition) is 1. The van der Waals surface area contributed by atoms with Crippen LogP contribution in [0, 0.1) is 5.82 Å². The summed E-state index contributed by atoms with van der Waals surface area (Å²) in [4.78, 5) is 17.7. The normalized spacial score (nSPS) is 14.5. The molecule has 1 aromatic heterocycles. The van der Waals surface area contributed by atoms with Gasteiger partial charge in [-0.05, 0) is 47.9 Å². The summed E-state index contributed by atoms with van der Waals surface area (Å²) in [6.07, 6.45) is 1.43. The van der Waals surface area contributed by atoms with Crippen LogP contribution in [0.3, 0.4) is 0 Å². The van der Waals surface area contributed by atoms with E-state index in [4.69, 9.17) is 14.2 Å². The van der Waals surface area contributed by atoms with Gasteiger partial charge in [0, 0.05) is 0 Å². The molecule has 0 amide bonds. The molecule has 5 rings (SSSR count). The van der Waals surface area contributed by atoms with Gasteiger partial charge in [-0.1, -0.05) is 48.5 Å². The van der Waals surface area contributed by atoms with Gasteiger partial charge in [0.15, 0.2) is 11.5 Å². The van der Waals surface area contributed by atoms with Gasteiger partial charge in [-0.25, -0.2) is 13.9 Å². The highest BCUT2D eigenvalue weighted by molar-refractivity contribution is 6.02. The standard InChI is InChI=1S/C28H25FN4O4/c1-3-36-27(34)24-25(19-7-5-4-6-8-19)32-28-30-17-31-33(28)26(24)20-11-14-22(23(15-20)35-2)37-16-18-9-12-21(29)13-10-18/h4-15,17,26H,3,16H2,1-2H3,(H,30,31,32)/t26-/m0/s1. The number of rotatable bonds is 8. The Labute approximate surface area is 213 Å². The van der Waals surface area contributed by atoms with Crippen molar-refractivity contribution >= 4 is 17.6 Å². The van der Waals surface area contributed by atoms with Crippen molar-refractivity contribution < 1.29 is 23.4 Å².